The molecule has 0 aromatic heterocycles. The molecule has 6 atom stereocenters. The van der Waals surface area contributed by atoms with Crippen LogP contribution in [0.15, 0.2) is 0 Å². The van der Waals surface area contributed by atoms with Gasteiger partial charge in [0.15, 0.2) is 12.2 Å². The summed E-state index contributed by atoms with van der Waals surface area (Å²) in [6.07, 6.45) is 67.1. The van der Waals surface area contributed by atoms with Gasteiger partial charge in [-0.15, -0.1) is 0 Å². The first-order valence-electron chi connectivity index (χ1n) is 42.7. The fourth-order valence-electron chi connectivity index (χ4n) is 12.7. The van der Waals surface area contributed by atoms with Crippen molar-refractivity contribution in [1.29, 1.82) is 0 Å². The molecule has 0 aliphatic rings. The fourth-order valence-corrected chi connectivity index (χ4v) is 14.3. The summed E-state index contributed by atoms with van der Waals surface area (Å²) in [5.74, 6) is -1.25. The molecule has 0 heterocycles. The standard InChI is InChI=1S/C82H160O17P2/c1-6-10-13-16-18-20-22-24-26-28-32-36-39-43-47-51-56-61-66-80(85)93-72-78(99-82(87)68-63-58-53-49-45-41-37-33-30-29-31-34-38-42-46-50-55-59-64-75(5)9-4)74-97-101(90,91)95-70-76(83)69-94-100(88,89)96-73-77(71-92-79(84)65-60-54-15-12-8-3)98-81(86)67-62-57-52-48-44-40-35-27-25-23-21-19-17-14-11-7-2/h75-78,83H,6-74H2,1-5H3,(H,88,89)(H,90,91)/t75?,76-,77+,78+/m0/s1. The molecule has 3 N–H and O–H groups in total. The van der Waals surface area contributed by atoms with Crippen LogP contribution in [0.25, 0.3) is 0 Å². The predicted molar refractivity (Wildman–Crippen MR) is 414 cm³/mol. The molecule has 17 nitrogen and oxygen atoms in total. The molecule has 0 aromatic carbocycles. The van der Waals surface area contributed by atoms with Gasteiger partial charge in [0.05, 0.1) is 26.4 Å². The molecule has 0 aliphatic carbocycles. The van der Waals surface area contributed by atoms with Crippen LogP contribution in [0.4, 0.5) is 0 Å². The minimum absolute atomic E-state index is 0.108. The molecule has 600 valence electrons. The van der Waals surface area contributed by atoms with Crippen molar-refractivity contribution < 1.29 is 80.2 Å². The highest BCUT2D eigenvalue weighted by molar-refractivity contribution is 7.47. The maximum atomic E-state index is 13.1. The lowest BCUT2D eigenvalue weighted by molar-refractivity contribution is -0.161. The largest absolute Gasteiger partial charge is 0.472 e. The normalized spacial score (nSPS) is 14.1. The summed E-state index contributed by atoms with van der Waals surface area (Å²) < 4.78 is 68.5. The number of aliphatic hydroxyl groups is 1. The van der Waals surface area contributed by atoms with Crippen molar-refractivity contribution in [3.05, 3.63) is 0 Å². The molecular weight excluding hydrogens is 1320 g/mol. The van der Waals surface area contributed by atoms with Gasteiger partial charge in [0.25, 0.3) is 0 Å². The number of esters is 4. The van der Waals surface area contributed by atoms with E-state index in [2.05, 4.69) is 34.6 Å². The number of unbranched alkanes of at least 4 members (excludes halogenated alkanes) is 53. The van der Waals surface area contributed by atoms with Gasteiger partial charge in [-0.3, -0.25) is 37.3 Å². The second-order valence-corrected chi connectivity index (χ2v) is 32.7. The van der Waals surface area contributed by atoms with Crippen molar-refractivity contribution in [3.63, 3.8) is 0 Å². The van der Waals surface area contributed by atoms with Gasteiger partial charge in [-0.2, -0.15) is 0 Å². The Morgan fingerprint density at radius 3 is 0.703 bits per heavy atom. The van der Waals surface area contributed by atoms with Crippen molar-refractivity contribution in [1.82, 2.24) is 0 Å². The van der Waals surface area contributed by atoms with Gasteiger partial charge in [0.2, 0.25) is 0 Å². The summed E-state index contributed by atoms with van der Waals surface area (Å²) in [6, 6.07) is 0. The molecule has 0 spiro atoms. The molecule has 0 saturated carbocycles. The molecule has 3 unspecified atom stereocenters. The zero-order valence-electron chi connectivity index (χ0n) is 66.1. The highest BCUT2D eigenvalue weighted by atomic mass is 31.2. The number of phosphoric ester groups is 2. The SMILES string of the molecule is CCCCCCCCCCCCCCCCCCCCC(=O)OC[C@H](COP(=O)(O)OC[C@@H](O)COP(=O)(O)OC[C@@H](COC(=O)CCCCCCC)OC(=O)CCCCCCCCCCCCCCCCCC)OC(=O)CCCCCCCCCCCCCCCCCCCCC(C)CC. The summed E-state index contributed by atoms with van der Waals surface area (Å²) in [5, 5.41) is 10.6. The quantitative estimate of drug-likeness (QED) is 0.0222. The van der Waals surface area contributed by atoms with Crippen LogP contribution >= 0.6 is 15.6 Å². The van der Waals surface area contributed by atoms with E-state index in [1.807, 2.05) is 0 Å². The van der Waals surface area contributed by atoms with E-state index in [1.54, 1.807) is 0 Å². The van der Waals surface area contributed by atoms with E-state index in [0.29, 0.717) is 25.7 Å². The Morgan fingerprint density at radius 2 is 0.475 bits per heavy atom. The highest BCUT2D eigenvalue weighted by Gasteiger charge is 2.30. The van der Waals surface area contributed by atoms with Gasteiger partial charge < -0.3 is 33.8 Å². The third-order valence-corrected chi connectivity index (χ3v) is 21.5. The number of aliphatic hydroxyl groups excluding tert-OH is 1. The van der Waals surface area contributed by atoms with Crippen LogP contribution in [0.5, 0.6) is 0 Å². The highest BCUT2D eigenvalue weighted by Crippen LogP contribution is 2.45. The molecule has 0 aromatic rings. The lowest BCUT2D eigenvalue weighted by atomic mass is 9.99. The third-order valence-electron chi connectivity index (χ3n) is 19.6. The molecule has 0 bridgehead atoms. The lowest BCUT2D eigenvalue weighted by Crippen LogP contribution is -2.30. The summed E-state index contributed by atoms with van der Waals surface area (Å²) >= 11 is 0. The Hall–Kier alpha value is -1.94. The zero-order chi connectivity index (χ0) is 74.1. The van der Waals surface area contributed by atoms with E-state index < -0.39 is 97.5 Å². The maximum absolute atomic E-state index is 13.1. The van der Waals surface area contributed by atoms with Crippen LogP contribution in [0.3, 0.4) is 0 Å². The molecule has 0 fully saturated rings. The zero-order valence-corrected chi connectivity index (χ0v) is 67.8. The Bertz CT molecular complexity index is 1930. The van der Waals surface area contributed by atoms with Crippen molar-refractivity contribution in [2.24, 2.45) is 5.92 Å². The average molecular weight is 1480 g/mol. The van der Waals surface area contributed by atoms with E-state index in [-0.39, 0.29) is 25.7 Å². The third kappa shape index (κ3) is 74.7. The van der Waals surface area contributed by atoms with Crippen LogP contribution in [0, 0.1) is 5.92 Å². The maximum Gasteiger partial charge on any atom is 0.472 e. The minimum Gasteiger partial charge on any atom is -0.462 e. The summed E-state index contributed by atoms with van der Waals surface area (Å²) in [7, 11) is -9.91. The van der Waals surface area contributed by atoms with Crippen LogP contribution < -0.4 is 0 Å². The summed E-state index contributed by atoms with van der Waals surface area (Å²) in [6.45, 7) is 7.32. The molecule has 0 rings (SSSR count). The van der Waals surface area contributed by atoms with E-state index in [0.717, 1.165) is 102 Å². The monoisotopic (exact) mass is 1480 g/mol. The smallest absolute Gasteiger partial charge is 0.462 e. The van der Waals surface area contributed by atoms with Crippen LogP contribution in [0.2, 0.25) is 0 Å². The first kappa shape index (κ1) is 99.1. The number of rotatable bonds is 82. The molecule has 0 amide bonds. The second-order valence-electron chi connectivity index (χ2n) is 29.8. The first-order chi connectivity index (χ1) is 49.1. The van der Waals surface area contributed by atoms with Gasteiger partial charge in [-0.25, -0.2) is 9.13 Å². The number of phosphoric acid groups is 2. The Kier molecular flexibility index (Phi) is 73.5. The molecule has 0 saturated heterocycles. The van der Waals surface area contributed by atoms with E-state index >= 15 is 0 Å². The van der Waals surface area contributed by atoms with Crippen molar-refractivity contribution in [2.45, 2.75) is 457 Å². The van der Waals surface area contributed by atoms with Crippen molar-refractivity contribution in [3.8, 4) is 0 Å². The fraction of sp³-hybridized carbons (Fsp3) is 0.951. The predicted octanol–water partition coefficient (Wildman–Crippen LogP) is 24.8. The van der Waals surface area contributed by atoms with Gasteiger partial charge in [-0.1, -0.05) is 388 Å². The van der Waals surface area contributed by atoms with E-state index in [1.165, 1.54) is 257 Å². The van der Waals surface area contributed by atoms with Gasteiger partial charge in [-0.05, 0) is 31.6 Å². The topological polar surface area (TPSA) is 237 Å². The average Bonchev–Trinajstić information content (AvgIpc) is 1.01. The second kappa shape index (κ2) is 74.9. The number of carbonyl (C=O) groups excluding carboxylic acids is 4. The van der Waals surface area contributed by atoms with Gasteiger partial charge in [0.1, 0.15) is 19.3 Å². The molecule has 0 aliphatic heterocycles. The van der Waals surface area contributed by atoms with Gasteiger partial charge >= 0.3 is 39.5 Å². The summed E-state index contributed by atoms with van der Waals surface area (Å²) in [4.78, 5) is 72.7. The van der Waals surface area contributed by atoms with E-state index in [9.17, 15) is 43.2 Å². The molecule has 19 heteroatoms. The number of hydrogen-bond acceptors (Lipinski definition) is 15. The molecule has 0 radical (unpaired) electrons. The van der Waals surface area contributed by atoms with Crippen molar-refractivity contribution >= 4 is 39.5 Å². The van der Waals surface area contributed by atoms with Crippen LogP contribution in [-0.2, 0) is 65.4 Å². The first-order valence-corrected chi connectivity index (χ1v) is 45.7. The Labute approximate surface area is 619 Å². The lowest BCUT2D eigenvalue weighted by Gasteiger charge is -2.21. The Morgan fingerprint density at radius 1 is 0.277 bits per heavy atom. The van der Waals surface area contributed by atoms with Crippen molar-refractivity contribution in [2.75, 3.05) is 39.6 Å². The molecular formula is C82H160O17P2. The number of hydrogen-bond donors (Lipinski definition) is 3. The number of ether oxygens (including phenoxy) is 4. The Balaban J connectivity index is 5.11. The summed E-state index contributed by atoms with van der Waals surface area (Å²) in [5.41, 5.74) is 0. The van der Waals surface area contributed by atoms with E-state index in [4.69, 9.17) is 37.0 Å². The molecule has 101 heavy (non-hydrogen) atoms. The van der Waals surface area contributed by atoms with Gasteiger partial charge in [0, 0.05) is 25.7 Å². The minimum atomic E-state index is -4.96. The van der Waals surface area contributed by atoms with Crippen LogP contribution in [-0.4, -0.2) is 96.7 Å². The van der Waals surface area contributed by atoms with Crippen LogP contribution in [0.1, 0.15) is 439 Å². The number of carbonyl (C=O) groups is 4.